The van der Waals surface area contributed by atoms with Crippen molar-refractivity contribution in [2.45, 2.75) is 51.2 Å². The van der Waals surface area contributed by atoms with Crippen molar-refractivity contribution in [3.8, 4) is 0 Å². The van der Waals surface area contributed by atoms with Crippen molar-refractivity contribution >= 4 is 17.5 Å². The number of pyridine rings is 1. The largest absolute Gasteiger partial charge is 0.384 e. The maximum absolute atomic E-state index is 6.28. The van der Waals surface area contributed by atoms with E-state index < -0.39 is 0 Å². The molecule has 2 unspecified atom stereocenters. The average molecular weight is 429 g/mol. The number of aliphatic imine (C=N–C) groups is 1. The van der Waals surface area contributed by atoms with Crippen molar-refractivity contribution in [3.05, 3.63) is 30.9 Å². The number of nitrogen functional groups attached to an aromatic ring is 1. The minimum Gasteiger partial charge on any atom is -0.384 e. The molecule has 8 nitrogen and oxygen atoms in total. The highest BCUT2D eigenvalue weighted by atomic mass is 16.5. The Morgan fingerprint density at radius 2 is 2.00 bits per heavy atom. The topological polar surface area (TPSA) is 79.5 Å². The van der Waals surface area contributed by atoms with Gasteiger partial charge in [0.05, 0.1) is 24.3 Å². The first-order valence-electron chi connectivity index (χ1n) is 11.3. The van der Waals surface area contributed by atoms with Crippen LogP contribution < -0.4 is 10.6 Å². The third-order valence-electron chi connectivity index (χ3n) is 5.99. The van der Waals surface area contributed by atoms with Crippen LogP contribution in [0.3, 0.4) is 0 Å². The molecule has 170 valence electrons. The van der Waals surface area contributed by atoms with E-state index in [2.05, 4.69) is 47.0 Å². The fraction of sp³-hybridized carbons (Fsp3) is 0.652. The van der Waals surface area contributed by atoms with Gasteiger partial charge < -0.3 is 25.0 Å². The summed E-state index contributed by atoms with van der Waals surface area (Å²) in [7, 11) is 0. The van der Waals surface area contributed by atoms with E-state index in [1.165, 1.54) is 0 Å². The van der Waals surface area contributed by atoms with Gasteiger partial charge in [-0.1, -0.05) is 12.1 Å². The number of anilines is 2. The second-order valence-corrected chi connectivity index (χ2v) is 9.51. The number of nitrogens with zero attached hydrogens (tertiary/aromatic N) is 5. The monoisotopic (exact) mass is 428 g/mol. The SMILES string of the molecule is C=CC1C(OC(C)(C)C)N=C(CN2CCN(c3cccc(N)n3)CC2)N1C[C@@H]1CCO1. The quantitative estimate of drug-likeness (QED) is 0.665. The number of piperazine rings is 1. The highest BCUT2D eigenvalue weighted by molar-refractivity contribution is 5.86. The van der Waals surface area contributed by atoms with Crippen LogP contribution >= 0.6 is 0 Å². The van der Waals surface area contributed by atoms with Gasteiger partial charge in [-0.05, 0) is 39.3 Å². The van der Waals surface area contributed by atoms with Crippen molar-refractivity contribution in [2.24, 2.45) is 4.99 Å². The summed E-state index contributed by atoms with van der Waals surface area (Å²) in [6.07, 6.45) is 3.11. The van der Waals surface area contributed by atoms with Gasteiger partial charge in [0.25, 0.3) is 0 Å². The zero-order valence-corrected chi connectivity index (χ0v) is 19.0. The van der Waals surface area contributed by atoms with Gasteiger partial charge in [0, 0.05) is 39.3 Å². The molecule has 4 rings (SSSR count). The lowest BCUT2D eigenvalue weighted by molar-refractivity contribution is -0.0833. The number of amidine groups is 1. The van der Waals surface area contributed by atoms with E-state index in [4.69, 9.17) is 20.2 Å². The molecule has 31 heavy (non-hydrogen) atoms. The van der Waals surface area contributed by atoms with Crippen molar-refractivity contribution in [1.82, 2.24) is 14.8 Å². The number of nitrogens with two attached hydrogens (primary N) is 1. The zero-order valence-electron chi connectivity index (χ0n) is 19.0. The third-order valence-corrected chi connectivity index (χ3v) is 5.99. The fourth-order valence-electron chi connectivity index (χ4n) is 4.28. The van der Waals surface area contributed by atoms with Crippen LogP contribution in [0.2, 0.25) is 0 Å². The number of hydrogen-bond acceptors (Lipinski definition) is 8. The molecule has 8 heteroatoms. The first-order valence-corrected chi connectivity index (χ1v) is 11.3. The fourth-order valence-corrected chi connectivity index (χ4v) is 4.28. The van der Waals surface area contributed by atoms with Crippen LogP contribution in [0.1, 0.15) is 27.2 Å². The standard InChI is InChI=1S/C23H36N6O2/c1-5-18-22(31-23(2,3)4)26-21(29(18)15-17-9-14-30-17)16-27-10-12-28(13-11-27)20-8-6-7-19(24)25-20/h5-8,17-18,22H,1,9-16H2,2-4H3,(H2,24,25)/t17-,18?,22?/m0/s1. The van der Waals surface area contributed by atoms with Gasteiger partial charge in [-0.3, -0.25) is 4.90 Å². The molecule has 1 aromatic rings. The Hall–Kier alpha value is -2.16. The molecule has 4 heterocycles. The third kappa shape index (κ3) is 5.37. The minimum atomic E-state index is -0.264. The summed E-state index contributed by atoms with van der Waals surface area (Å²) in [6.45, 7) is 16.5. The number of hydrogen-bond donors (Lipinski definition) is 1. The van der Waals surface area contributed by atoms with Crippen LogP contribution in [0.15, 0.2) is 35.8 Å². The predicted octanol–water partition coefficient (Wildman–Crippen LogP) is 1.98. The average Bonchev–Trinajstić information content (AvgIpc) is 2.99. The van der Waals surface area contributed by atoms with Crippen molar-refractivity contribution in [2.75, 3.05) is 56.5 Å². The van der Waals surface area contributed by atoms with E-state index in [1.54, 1.807) is 0 Å². The molecular formula is C23H36N6O2. The lowest BCUT2D eigenvalue weighted by atomic mass is 10.1. The summed E-state index contributed by atoms with van der Waals surface area (Å²) < 4.78 is 12.0. The van der Waals surface area contributed by atoms with Crippen LogP contribution in [0, 0.1) is 0 Å². The van der Waals surface area contributed by atoms with Crippen LogP contribution in [0.25, 0.3) is 0 Å². The summed E-state index contributed by atoms with van der Waals surface area (Å²) in [6, 6.07) is 5.85. The summed E-state index contributed by atoms with van der Waals surface area (Å²) >= 11 is 0. The lowest BCUT2D eigenvalue weighted by Crippen LogP contribution is -2.52. The highest BCUT2D eigenvalue weighted by Crippen LogP contribution is 2.27. The van der Waals surface area contributed by atoms with Crippen LogP contribution in [-0.2, 0) is 9.47 Å². The predicted molar refractivity (Wildman–Crippen MR) is 124 cm³/mol. The van der Waals surface area contributed by atoms with E-state index in [0.29, 0.717) is 5.82 Å². The zero-order chi connectivity index (χ0) is 22.0. The Bertz CT molecular complexity index is 796. The first kappa shape index (κ1) is 22.0. The smallest absolute Gasteiger partial charge is 0.174 e. The molecule has 3 atom stereocenters. The van der Waals surface area contributed by atoms with E-state index >= 15 is 0 Å². The minimum absolute atomic E-state index is 0.0382. The number of rotatable bonds is 7. The molecule has 0 amide bonds. The molecule has 1 aromatic heterocycles. The molecule has 2 fully saturated rings. The second kappa shape index (κ2) is 9.14. The van der Waals surface area contributed by atoms with E-state index in [9.17, 15) is 0 Å². The Balaban J connectivity index is 1.42. The Labute approximate surface area is 185 Å². The van der Waals surface area contributed by atoms with E-state index in [1.807, 2.05) is 24.3 Å². The van der Waals surface area contributed by atoms with Crippen LogP contribution in [0.4, 0.5) is 11.6 Å². The summed E-state index contributed by atoms with van der Waals surface area (Å²) in [4.78, 5) is 16.6. The lowest BCUT2D eigenvalue weighted by Gasteiger charge is -2.39. The molecule has 0 saturated carbocycles. The molecule has 0 aliphatic carbocycles. The Morgan fingerprint density at radius 1 is 1.26 bits per heavy atom. The molecule has 2 saturated heterocycles. The number of ether oxygens (including phenoxy) is 2. The molecule has 2 N–H and O–H groups in total. The molecule has 3 aliphatic rings. The van der Waals surface area contributed by atoms with Gasteiger partial charge in [-0.15, -0.1) is 6.58 Å². The van der Waals surface area contributed by atoms with Gasteiger partial charge in [0.1, 0.15) is 17.5 Å². The van der Waals surface area contributed by atoms with Gasteiger partial charge in [-0.25, -0.2) is 9.98 Å². The van der Waals surface area contributed by atoms with Crippen molar-refractivity contribution in [3.63, 3.8) is 0 Å². The Morgan fingerprint density at radius 3 is 2.58 bits per heavy atom. The van der Waals surface area contributed by atoms with Gasteiger partial charge >= 0.3 is 0 Å². The van der Waals surface area contributed by atoms with E-state index in [0.717, 1.165) is 63.9 Å². The number of aromatic nitrogens is 1. The Kier molecular flexibility index (Phi) is 6.50. The second-order valence-electron chi connectivity index (χ2n) is 9.51. The van der Waals surface area contributed by atoms with Crippen molar-refractivity contribution in [1.29, 1.82) is 0 Å². The summed E-state index contributed by atoms with van der Waals surface area (Å²) in [5.41, 5.74) is 5.59. The molecule has 0 radical (unpaired) electrons. The summed E-state index contributed by atoms with van der Waals surface area (Å²) in [5, 5.41) is 0. The maximum atomic E-state index is 6.28. The van der Waals surface area contributed by atoms with Gasteiger partial charge in [-0.2, -0.15) is 0 Å². The van der Waals surface area contributed by atoms with Crippen LogP contribution in [-0.4, -0.2) is 90.5 Å². The molecule has 0 spiro atoms. The van der Waals surface area contributed by atoms with Crippen LogP contribution in [0.5, 0.6) is 0 Å². The molecular weight excluding hydrogens is 392 g/mol. The maximum Gasteiger partial charge on any atom is 0.174 e. The van der Waals surface area contributed by atoms with E-state index in [-0.39, 0.29) is 24.0 Å². The first-order chi connectivity index (χ1) is 14.8. The molecule has 0 bridgehead atoms. The van der Waals surface area contributed by atoms with Gasteiger partial charge in [0.2, 0.25) is 0 Å². The van der Waals surface area contributed by atoms with Gasteiger partial charge in [0.15, 0.2) is 6.23 Å². The molecule has 3 aliphatic heterocycles. The highest BCUT2D eigenvalue weighted by Gasteiger charge is 2.39. The van der Waals surface area contributed by atoms with Crippen molar-refractivity contribution < 1.29 is 9.47 Å². The normalized spacial score (nSPS) is 27.2. The molecule has 0 aromatic carbocycles. The summed E-state index contributed by atoms with van der Waals surface area (Å²) in [5.74, 6) is 2.59.